The maximum atomic E-state index is 10.6. The zero-order chi connectivity index (χ0) is 15.3. The largest absolute Gasteiger partial charge is 0.516 e. The Morgan fingerprint density at radius 3 is 1.79 bits per heavy atom. The standard InChI is InChI=1S/C7H10O3.C7H10O2/c1-6(2)7(9)10-5-3-4-8;1-4-5-9-7(8)6(2)3/h3-4,8H,1,5H2,2H3;4H,1-2,5H2,3H3. The van der Waals surface area contributed by atoms with Gasteiger partial charge >= 0.3 is 11.9 Å². The maximum Gasteiger partial charge on any atom is 0.333 e. The average Bonchev–Trinajstić information content (AvgIpc) is 2.36. The number of aliphatic hydroxyl groups is 1. The molecular formula is C14H20O5. The molecule has 5 nitrogen and oxygen atoms in total. The Morgan fingerprint density at radius 2 is 1.47 bits per heavy atom. The van der Waals surface area contributed by atoms with Gasteiger partial charge in [0.05, 0.1) is 6.26 Å². The number of ether oxygens (including phenoxy) is 2. The first-order valence-electron chi connectivity index (χ1n) is 5.42. The smallest absolute Gasteiger partial charge is 0.333 e. The molecule has 0 aliphatic carbocycles. The molecule has 19 heavy (non-hydrogen) atoms. The molecule has 0 atom stereocenters. The molecule has 0 heterocycles. The average molecular weight is 268 g/mol. The molecule has 0 rings (SSSR count). The van der Waals surface area contributed by atoms with Crippen LogP contribution >= 0.6 is 0 Å². The number of carbonyl (C=O) groups is 2. The lowest BCUT2D eigenvalue weighted by Gasteiger charge is -1.97. The summed E-state index contributed by atoms with van der Waals surface area (Å²) in [6.45, 7) is 13.7. The first-order chi connectivity index (χ1) is 8.86. The van der Waals surface area contributed by atoms with Crippen molar-refractivity contribution in [2.45, 2.75) is 13.8 Å². The molecular weight excluding hydrogens is 248 g/mol. The first-order valence-corrected chi connectivity index (χ1v) is 5.42. The third kappa shape index (κ3) is 13.6. The molecule has 1 N–H and O–H groups in total. The van der Waals surface area contributed by atoms with E-state index in [-0.39, 0.29) is 19.2 Å². The molecule has 0 radical (unpaired) electrons. The van der Waals surface area contributed by atoms with Gasteiger partial charge in [-0.25, -0.2) is 9.59 Å². The Kier molecular flexibility index (Phi) is 12.2. The fraction of sp³-hybridized carbons (Fsp3) is 0.286. The van der Waals surface area contributed by atoms with Crippen LogP contribution in [0.1, 0.15) is 13.8 Å². The minimum Gasteiger partial charge on any atom is -0.516 e. The van der Waals surface area contributed by atoms with Crippen LogP contribution in [0.15, 0.2) is 49.3 Å². The third-order valence-electron chi connectivity index (χ3n) is 1.45. The predicted octanol–water partition coefficient (Wildman–Crippen LogP) is 2.47. The molecule has 0 aromatic rings. The Hall–Kier alpha value is -2.30. The molecule has 0 saturated heterocycles. The van der Waals surface area contributed by atoms with E-state index in [2.05, 4.69) is 29.2 Å². The van der Waals surface area contributed by atoms with E-state index in [0.29, 0.717) is 11.1 Å². The molecule has 0 unspecified atom stereocenters. The third-order valence-corrected chi connectivity index (χ3v) is 1.45. The van der Waals surface area contributed by atoms with Crippen LogP contribution in [0.3, 0.4) is 0 Å². The van der Waals surface area contributed by atoms with Gasteiger partial charge in [-0.1, -0.05) is 25.8 Å². The van der Waals surface area contributed by atoms with Gasteiger partial charge in [0, 0.05) is 11.1 Å². The zero-order valence-corrected chi connectivity index (χ0v) is 11.3. The van der Waals surface area contributed by atoms with E-state index in [4.69, 9.17) is 5.11 Å². The summed E-state index contributed by atoms with van der Waals surface area (Å²) in [5.41, 5.74) is 0.767. The van der Waals surface area contributed by atoms with Gasteiger partial charge in [-0.2, -0.15) is 0 Å². The van der Waals surface area contributed by atoms with E-state index in [1.165, 1.54) is 12.2 Å². The van der Waals surface area contributed by atoms with E-state index in [0.717, 1.165) is 6.26 Å². The Balaban J connectivity index is 0. The van der Waals surface area contributed by atoms with Crippen molar-refractivity contribution in [2.75, 3.05) is 13.2 Å². The van der Waals surface area contributed by atoms with Crippen LogP contribution in [0.4, 0.5) is 0 Å². The van der Waals surface area contributed by atoms with Crippen molar-refractivity contribution in [1.29, 1.82) is 0 Å². The van der Waals surface area contributed by atoms with Gasteiger partial charge in [-0.3, -0.25) is 0 Å². The van der Waals surface area contributed by atoms with E-state index in [1.54, 1.807) is 13.8 Å². The second-order valence-electron chi connectivity index (χ2n) is 3.43. The predicted molar refractivity (Wildman–Crippen MR) is 73.5 cm³/mol. The monoisotopic (exact) mass is 268 g/mol. The lowest BCUT2D eigenvalue weighted by Crippen LogP contribution is -2.04. The summed E-state index contributed by atoms with van der Waals surface area (Å²) < 4.78 is 9.15. The number of aliphatic hydroxyl groups excluding tert-OH is 1. The highest BCUT2D eigenvalue weighted by Crippen LogP contribution is 1.91. The molecule has 0 aromatic carbocycles. The van der Waals surface area contributed by atoms with Crippen LogP contribution in [-0.4, -0.2) is 30.3 Å². The Bertz CT molecular complexity index is 366. The molecule has 0 aliphatic heterocycles. The van der Waals surface area contributed by atoms with Gasteiger partial charge in [-0.05, 0) is 19.9 Å². The van der Waals surface area contributed by atoms with Crippen LogP contribution in [0, 0.1) is 0 Å². The van der Waals surface area contributed by atoms with Gasteiger partial charge in [0.2, 0.25) is 0 Å². The molecule has 0 fully saturated rings. The quantitative estimate of drug-likeness (QED) is 0.347. The van der Waals surface area contributed by atoms with Gasteiger partial charge in [0.15, 0.2) is 0 Å². The molecule has 0 aromatic heterocycles. The topological polar surface area (TPSA) is 72.8 Å². The van der Waals surface area contributed by atoms with Crippen LogP contribution in [0.25, 0.3) is 0 Å². The minimum absolute atomic E-state index is 0.0855. The maximum absolute atomic E-state index is 10.6. The highest BCUT2D eigenvalue weighted by atomic mass is 16.5. The van der Waals surface area contributed by atoms with Crippen LogP contribution < -0.4 is 0 Å². The molecule has 0 spiro atoms. The molecule has 0 aliphatic rings. The minimum atomic E-state index is -0.446. The van der Waals surface area contributed by atoms with Gasteiger partial charge in [0.1, 0.15) is 13.2 Å². The second kappa shape index (κ2) is 12.2. The molecule has 106 valence electrons. The van der Waals surface area contributed by atoms with Crippen molar-refractivity contribution >= 4 is 11.9 Å². The SMILES string of the molecule is C=C(C)C(=O)OCC=CO.C=CCOC(=O)C(=C)C. The first kappa shape index (κ1) is 19.0. The number of esters is 2. The van der Waals surface area contributed by atoms with Gasteiger partial charge in [0.25, 0.3) is 0 Å². The fourth-order valence-electron chi connectivity index (χ4n) is 0.548. The summed E-state index contributed by atoms with van der Waals surface area (Å²) in [7, 11) is 0. The van der Waals surface area contributed by atoms with Crippen molar-refractivity contribution in [3.63, 3.8) is 0 Å². The normalized spacial score (nSPS) is 8.95. The van der Waals surface area contributed by atoms with Crippen molar-refractivity contribution in [2.24, 2.45) is 0 Å². The number of carbonyl (C=O) groups excluding carboxylic acids is 2. The lowest BCUT2D eigenvalue weighted by atomic mass is 10.4. The summed E-state index contributed by atoms with van der Waals surface area (Å²) in [5, 5.41) is 8.12. The summed E-state index contributed by atoms with van der Waals surface area (Å²) in [4.78, 5) is 21.1. The van der Waals surface area contributed by atoms with Crippen molar-refractivity contribution in [1.82, 2.24) is 0 Å². The fourth-order valence-corrected chi connectivity index (χ4v) is 0.548. The van der Waals surface area contributed by atoms with E-state index in [9.17, 15) is 9.59 Å². The lowest BCUT2D eigenvalue weighted by molar-refractivity contribution is -0.138. The van der Waals surface area contributed by atoms with E-state index < -0.39 is 5.97 Å². The summed E-state index contributed by atoms with van der Waals surface area (Å²) >= 11 is 0. The Labute approximate surface area is 113 Å². The highest BCUT2D eigenvalue weighted by Gasteiger charge is 1.99. The zero-order valence-electron chi connectivity index (χ0n) is 11.3. The number of hydrogen-bond acceptors (Lipinski definition) is 5. The Morgan fingerprint density at radius 1 is 1.05 bits per heavy atom. The molecule has 0 saturated carbocycles. The molecule has 0 bridgehead atoms. The summed E-state index contributed by atoms with van der Waals surface area (Å²) in [6.07, 6.45) is 3.66. The van der Waals surface area contributed by atoms with Crippen LogP contribution in [0.2, 0.25) is 0 Å². The molecule has 5 heteroatoms. The summed E-state index contributed by atoms with van der Waals surface area (Å²) in [6, 6.07) is 0. The van der Waals surface area contributed by atoms with Crippen LogP contribution in [-0.2, 0) is 19.1 Å². The van der Waals surface area contributed by atoms with Crippen LogP contribution in [0.5, 0.6) is 0 Å². The van der Waals surface area contributed by atoms with Crippen molar-refractivity contribution < 1.29 is 24.2 Å². The van der Waals surface area contributed by atoms with E-state index in [1.807, 2.05) is 0 Å². The van der Waals surface area contributed by atoms with E-state index >= 15 is 0 Å². The van der Waals surface area contributed by atoms with Gasteiger partial charge in [-0.15, -0.1) is 0 Å². The molecule has 0 amide bonds. The number of rotatable bonds is 6. The highest BCUT2D eigenvalue weighted by molar-refractivity contribution is 5.87. The summed E-state index contributed by atoms with van der Waals surface area (Å²) in [5.74, 6) is -0.812. The van der Waals surface area contributed by atoms with Gasteiger partial charge < -0.3 is 14.6 Å². The van der Waals surface area contributed by atoms with Crippen molar-refractivity contribution in [3.05, 3.63) is 49.3 Å². The number of hydrogen-bond donors (Lipinski definition) is 1. The second-order valence-corrected chi connectivity index (χ2v) is 3.43. The van der Waals surface area contributed by atoms with Crippen molar-refractivity contribution in [3.8, 4) is 0 Å².